The molecular formula is C15H19ClFN3O2. The first kappa shape index (κ1) is 16.7. The van der Waals surface area contributed by atoms with Gasteiger partial charge in [-0.1, -0.05) is 0 Å². The lowest BCUT2D eigenvalue weighted by Gasteiger charge is -2.21. The molecule has 3 N–H and O–H groups in total. The maximum absolute atomic E-state index is 14.2. The first-order valence-electron chi connectivity index (χ1n) is 7.20. The van der Waals surface area contributed by atoms with Crippen molar-refractivity contribution in [2.45, 2.75) is 19.3 Å². The summed E-state index contributed by atoms with van der Waals surface area (Å²) < 4.78 is 14.2. The predicted molar refractivity (Wildman–Crippen MR) is 83.7 cm³/mol. The lowest BCUT2D eigenvalue weighted by molar-refractivity contribution is -0.116. The first-order valence-corrected chi connectivity index (χ1v) is 7.20. The van der Waals surface area contributed by atoms with Crippen LogP contribution in [-0.2, 0) is 11.2 Å². The van der Waals surface area contributed by atoms with Gasteiger partial charge in [0.15, 0.2) is 0 Å². The Morgan fingerprint density at radius 1 is 1.41 bits per heavy atom. The maximum Gasteiger partial charge on any atom is 0.256 e. The number of benzene rings is 1. The third kappa shape index (κ3) is 3.08. The molecule has 2 aliphatic rings. The minimum Gasteiger partial charge on any atom is -0.338 e. The van der Waals surface area contributed by atoms with Crippen LogP contribution in [0, 0.1) is 11.7 Å². The summed E-state index contributed by atoms with van der Waals surface area (Å²) in [5, 5.41) is 2.63. The van der Waals surface area contributed by atoms with E-state index < -0.39 is 5.82 Å². The molecule has 3 rings (SSSR count). The van der Waals surface area contributed by atoms with Crippen LogP contribution < -0.4 is 11.1 Å². The van der Waals surface area contributed by atoms with Crippen molar-refractivity contribution in [1.82, 2.24) is 4.90 Å². The Hall–Kier alpha value is -1.66. The van der Waals surface area contributed by atoms with Gasteiger partial charge < -0.3 is 16.0 Å². The number of nitrogens with one attached hydrogen (secondary N) is 1. The summed E-state index contributed by atoms with van der Waals surface area (Å²) in [7, 11) is 0. The molecule has 0 bridgehead atoms. The molecule has 0 aliphatic carbocycles. The Balaban J connectivity index is 0.00000176. The Kier molecular flexibility index (Phi) is 5.03. The smallest absolute Gasteiger partial charge is 0.256 e. The number of carbonyl (C=O) groups is 2. The van der Waals surface area contributed by atoms with E-state index >= 15 is 0 Å². The van der Waals surface area contributed by atoms with Gasteiger partial charge >= 0.3 is 0 Å². The van der Waals surface area contributed by atoms with Crippen molar-refractivity contribution in [1.29, 1.82) is 0 Å². The van der Waals surface area contributed by atoms with Crippen LogP contribution in [0.4, 0.5) is 10.1 Å². The summed E-state index contributed by atoms with van der Waals surface area (Å²) in [6.45, 7) is 1.75. The van der Waals surface area contributed by atoms with E-state index in [-0.39, 0.29) is 29.8 Å². The number of nitrogens with two attached hydrogens (primary N) is 1. The molecule has 22 heavy (non-hydrogen) atoms. The number of nitrogens with zero attached hydrogens (tertiary/aromatic N) is 1. The van der Waals surface area contributed by atoms with Crippen molar-refractivity contribution < 1.29 is 14.0 Å². The van der Waals surface area contributed by atoms with Crippen molar-refractivity contribution in [3.63, 3.8) is 0 Å². The summed E-state index contributed by atoms with van der Waals surface area (Å²) in [6.07, 6.45) is 1.77. The molecule has 1 aromatic carbocycles. The largest absolute Gasteiger partial charge is 0.338 e. The fourth-order valence-electron chi connectivity index (χ4n) is 2.95. The lowest BCUT2D eigenvalue weighted by atomic mass is 9.99. The van der Waals surface area contributed by atoms with E-state index in [4.69, 9.17) is 5.73 Å². The fraction of sp³-hybridized carbons (Fsp3) is 0.467. The van der Waals surface area contributed by atoms with Gasteiger partial charge in [0.2, 0.25) is 5.91 Å². The minimum atomic E-state index is -0.586. The van der Waals surface area contributed by atoms with Crippen LogP contribution in [0.2, 0.25) is 0 Å². The summed E-state index contributed by atoms with van der Waals surface area (Å²) in [6, 6.07) is 2.82. The van der Waals surface area contributed by atoms with Crippen LogP contribution in [0.15, 0.2) is 12.1 Å². The average molecular weight is 328 g/mol. The normalized spacial score (nSPS) is 20.2. The fourth-order valence-corrected chi connectivity index (χ4v) is 2.95. The van der Waals surface area contributed by atoms with Crippen LogP contribution in [-0.4, -0.2) is 36.3 Å². The second-order valence-electron chi connectivity index (χ2n) is 5.68. The van der Waals surface area contributed by atoms with Crippen LogP contribution in [0.5, 0.6) is 0 Å². The molecule has 2 aliphatic heterocycles. The molecule has 2 amide bonds. The number of carbonyl (C=O) groups excluding carboxylic acids is 2. The standard InChI is InChI=1S/C15H18FN3O2.ClH/c16-12-6-13-10(1-2-14(20)18-13)5-11(12)15(21)19-4-3-9(7-17)8-19;/h5-6,9H,1-4,7-8,17H2,(H,18,20);1H. The molecule has 1 aromatic rings. The molecule has 0 aromatic heterocycles. The molecule has 0 radical (unpaired) electrons. The van der Waals surface area contributed by atoms with Gasteiger partial charge in [-0.15, -0.1) is 12.4 Å². The van der Waals surface area contributed by atoms with E-state index in [9.17, 15) is 14.0 Å². The number of amides is 2. The van der Waals surface area contributed by atoms with Crippen molar-refractivity contribution in [2.24, 2.45) is 11.7 Å². The molecular weight excluding hydrogens is 309 g/mol. The molecule has 1 unspecified atom stereocenters. The highest BCUT2D eigenvalue weighted by Gasteiger charge is 2.29. The first-order chi connectivity index (χ1) is 10.1. The second-order valence-corrected chi connectivity index (χ2v) is 5.68. The van der Waals surface area contributed by atoms with Gasteiger partial charge in [-0.05, 0) is 43.0 Å². The van der Waals surface area contributed by atoms with Gasteiger partial charge in [-0.25, -0.2) is 4.39 Å². The number of aryl methyl sites for hydroxylation is 1. The molecule has 5 nitrogen and oxygen atoms in total. The molecule has 7 heteroatoms. The highest BCUT2D eigenvalue weighted by atomic mass is 35.5. The Bertz CT molecular complexity index is 609. The van der Waals surface area contributed by atoms with Gasteiger partial charge in [0.1, 0.15) is 5.82 Å². The number of anilines is 1. The van der Waals surface area contributed by atoms with E-state index in [0.29, 0.717) is 44.1 Å². The third-order valence-electron chi connectivity index (χ3n) is 4.23. The Morgan fingerprint density at radius 3 is 2.86 bits per heavy atom. The number of likely N-dealkylation sites (tertiary alicyclic amines) is 1. The van der Waals surface area contributed by atoms with Crippen LogP contribution in [0.3, 0.4) is 0 Å². The van der Waals surface area contributed by atoms with Crippen molar-refractivity contribution in [3.05, 3.63) is 29.1 Å². The summed E-state index contributed by atoms with van der Waals surface area (Å²) in [5.41, 5.74) is 6.99. The van der Waals surface area contributed by atoms with Crippen LogP contribution >= 0.6 is 12.4 Å². The van der Waals surface area contributed by atoms with Crippen molar-refractivity contribution in [3.8, 4) is 0 Å². The summed E-state index contributed by atoms with van der Waals surface area (Å²) >= 11 is 0. The van der Waals surface area contributed by atoms with E-state index in [1.807, 2.05) is 0 Å². The predicted octanol–water partition coefficient (Wildman–Crippen LogP) is 1.55. The molecule has 1 fully saturated rings. The van der Waals surface area contributed by atoms with E-state index in [1.165, 1.54) is 6.07 Å². The van der Waals surface area contributed by atoms with E-state index in [0.717, 1.165) is 12.0 Å². The van der Waals surface area contributed by atoms with Gasteiger partial charge in [0.05, 0.1) is 5.56 Å². The molecule has 1 atom stereocenters. The van der Waals surface area contributed by atoms with Crippen LogP contribution in [0.25, 0.3) is 0 Å². The zero-order valence-electron chi connectivity index (χ0n) is 12.1. The number of rotatable bonds is 2. The summed E-state index contributed by atoms with van der Waals surface area (Å²) in [5.74, 6) is -0.694. The minimum absolute atomic E-state index is 0. The maximum atomic E-state index is 14.2. The highest BCUT2D eigenvalue weighted by Crippen LogP contribution is 2.27. The van der Waals surface area contributed by atoms with Gasteiger partial charge in [-0.2, -0.15) is 0 Å². The van der Waals surface area contributed by atoms with Gasteiger partial charge in [0.25, 0.3) is 5.91 Å². The zero-order chi connectivity index (χ0) is 15.0. The Labute approximate surface area is 134 Å². The van der Waals surface area contributed by atoms with E-state index in [2.05, 4.69) is 5.32 Å². The zero-order valence-corrected chi connectivity index (χ0v) is 12.9. The molecule has 0 spiro atoms. The average Bonchev–Trinajstić information content (AvgIpc) is 2.94. The number of hydrogen-bond acceptors (Lipinski definition) is 3. The number of fused-ring (bicyclic) bond motifs is 1. The number of hydrogen-bond donors (Lipinski definition) is 2. The Morgan fingerprint density at radius 2 is 2.18 bits per heavy atom. The highest BCUT2D eigenvalue weighted by molar-refractivity contribution is 5.98. The lowest BCUT2D eigenvalue weighted by Crippen LogP contribution is -2.31. The van der Waals surface area contributed by atoms with Crippen molar-refractivity contribution >= 4 is 29.9 Å². The molecule has 1 saturated heterocycles. The SMILES string of the molecule is Cl.NCC1CCN(C(=O)c2cc3c(cc2F)NC(=O)CC3)C1. The van der Waals surface area contributed by atoms with Gasteiger partial charge in [-0.3, -0.25) is 9.59 Å². The molecule has 0 saturated carbocycles. The quantitative estimate of drug-likeness (QED) is 0.865. The number of halogens is 2. The molecule has 120 valence electrons. The third-order valence-corrected chi connectivity index (χ3v) is 4.23. The van der Waals surface area contributed by atoms with Crippen LogP contribution in [0.1, 0.15) is 28.8 Å². The molecule has 2 heterocycles. The van der Waals surface area contributed by atoms with Crippen molar-refractivity contribution in [2.75, 3.05) is 25.0 Å². The topological polar surface area (TPSA) is 75.4 Å². The summed E-state index contributed by atoms with van der Waals surface area (Å²) in [4.78, 5) is 25.4. The van der Waals surface area contributed by atoms with E-state index in [1.54, 1.807) is 11.0 Å². The second kappa shape index (κ2) is 6.62. The monoisotopic (exact) mass is 327 g/mol. The van der Waals surface area contributed by atoms with Gasteiger partial charge in [0, 0.05) is 25.2 Å².